The Labute approximate surface area is 109 Å². The van der Waals surface area contributed by atoms with Gasteiger partial charge >= 0.3 is 5.97 Å². The minimum Gasteiger partial charge on any atom is -0.478 e. The molecule has 18 heavy (non-hydrogen) atoms. The molecule has 8 heteroatoms. The van der Waals surface area contributed by atoms with Crippen LogP contribution < -0.4 is 5.32 Å². The first-order chi connectivity index (χ1) is 8.32. The normalized spacial score (nSPS) is 9.89. The van der Waals surface area contributed by atoms with E-state index in [4.69, 9.17) is 5.11 Å². The molecular weight excluding hydrogens is 311 g/mol. The summed E-state index contributed by atoms with van der Waals surface area (Å²) in [7, 11) is 0. The van der Waals surface area contributed by atoms with Gasteiger partial charge in [-0.05, 0) is 0 Å². The second-order valence-electron chi connectivity index (χ2n) is 3.28. The maximum absolute atomic E-state index is 13.4. The number of nitro benzene ring substituents is 1. The van der Waals surface area contributed by atoms with Crippen molar-refractivity contribution in [2.24, 2.45) is 0 Å². The average Bonchev–Trinajstić information content (AvgIpc) is 2.25. The Kier molecular flexibility index (Phi) is 4.38. The van der Waals surface area contributed by atoms with Crippen LogP contribution in [0.1, 0.15) is 10.4 Å². The number of halogens is 2. The zero-order valence-electron chi connectivity index (χ0n) is 8.94. The number of carboxylic acids is 1. The summed E-state index contributed by atoms with van der Waals surface area (Å²) in [4.78, 5) is 20.7. The van der Waals surface area contributed by atoms with E-state index >= 15 is 0 Å². The summed E-state index contributed by atoms with van der Waals surface area (Å²) < 4.78 is 13.9. The van der Waals surface area contributed by atoms with E-state index in [0.29, 0.717) is 10.5 Å². The van der Waals surface area contributed by atoms with Crippen molar-refractivity contribution in [3.8, 4) is 0 Å². The Balaban J connectivity index is 3.24. The molecule has 0 amide bonds. The van der Waals surface area contributed by atoms with E-state index in [1.54, 1.807) is 0 Å². The number of carbonyl (C=O) groups is 1. The Morgan fingerprint density at radius 2 is 2.22 bits per heavy atom. The molecule has 1 aromatic carbocycles. The van der Waals surface area contributed by atoms with Crippen LogP contribution in [0.5, 0.6) is 0 Å². The van der Waals surface area contributed by atoms with E-state index in [2.05, 4.69) is 27.8 Å². The van der Waals surface area contributed by atoms with Gasteiger partial charge in [-0.15, -0.1) is 0 Å². The van der Waals surface area contributed by atoms with Gasteiger partial charge in [-0.1, -0.05) is 22.5 Å². The number of carboxylic acid groups (broad SMARTS) is 1. The molecule has 0 radical (unpaired) electrons. The summed E-state index contributed by atoms with van der Waals surface area (Å²) in [6.45, 7) is 3.65. The number of hydrogen-bond acceptors (Lipinski definition) is 4. The number of hydrogen-bond donors (Lipinski definition) is 2. The lowest BCUT2D eigenvalue weighted by Gasteiger charge is -2.07. The highest BCUT2D eigenvalue weighted by atomic mass is 79.9. The molecule has 96 valence electrons. The van der Waals surface area contributed by atoms with Crippen molar-refractivity contribution in [3.63, 3.8) is 0 Å². The molecule has 0 saturated carbocycles. The van der Waals surface area contributed by atoms with Crippen LogP contribution in [0, 0.1) is 15.9 Å². The molecule has 2 N–H and O–H groups in total. The van der Waals surface area contributed by atoms with Crippen molar-refractivity contribution < 1.29 is 19.2 Å². The van der Waals surface area contributed by atoms with Crippen molar-refractivity contribution in [3.05, 3.63) is 44.7 Å². The first-order valence-corrected chi connectivity index (χ1v) is 5.40. The number of nitrogens with zero attached hydrogens (tertiary/aromatic N) is 1. The zero-order chi connectivity index (χ0) is 13.9. The number of aromatic carboxylic acids is 1. The molecular formula is C10H8BrFN2O4. The minimum atomic E-state index is -1.56. The molecule has 0 fully saturated rings. The molecule has 0 aromatic heterocycles. The van der Waals surface area contributed by atoms with Crippen LogP contribution in [-0.2, 0) is 0 Å². The molecule has 6 nitrogen and oxygen atoms in total. The quantitative estimate of drug-likeness (QED) is 0.643. The lowest BCUT2D eigenvalue weighted by Crippen LogP contribution is -2.08. The number of anilines is 1. The van der Waals surface area contributed by atoms with Crippen LogP contribution >= 0.6 is 15.9 Å². The molecule has 0 aliphatic rings. The largest absolute Gasteiger partial charge is 0.478 e. The van der Waals surface area contributed by atoms with Crippen molar-refractivity contribution in [1.29, 1.82) is 0 Å². The highest BCUT2D eigenvalue weighted by Crippen LogP contribution is 2.28. The van der Waals surface area contributed by atoms with Gasteiger partial charge in [0.15, 0.2) is 0 Å². The Hall–Kier alpha value is -1.96. The molecule has 1 rings (SSSR count). The van der Waals surface area contributed by atoms with E-state index in [1.165, 1.54) is 0 Å². The van der Waals surface area contributed by atoms with Gasteiger partial charge in [0.05, 0.1) is 4.92 Å². The van der Waals surface area contributed by atoms with Crippen LogP contribution in [-0.4, -0.2) is 22.5 Å². The molecule has 0 aliphatic carbocycles. The van der Waals surface area contributed by atoms with Gasteiger partial charge in [0, 0.05) is 23.2 Å². The fourth-order valence-electron chi connectivity index (χ4n) is 1.21. The first kappa shape index (κ1) is 14.1. The van der Waals surface area contributed by atoms with Gasteiger partial charge in [-0.25, -0.2) is 9.18 Å². The monoisotopic (exact) mass is 318 g/mol. The van der Waals surface area contributed by atoms with E-state index in [0.717, 1.165) is 6.07 Å². The summed E-state index contributed by atoms with van der Waals surface area (Å²) >= 11 is 3.04. The Morgan fingerprint density at radius 3 is 2.67 bits per heavy atom. The lowest BCUT2D eigenvalue weighted by atomic mass is 10.1. The fourth-order valence-corrected chi connectivity index (χ4v) is 1.35. The summed E-state index contributed by atoms with van der Waals surface area (Å²) in [6.07, 6.45) is 0. The molecule has 0 unspecified atom stereocenters. The van der Waals surface area contributed by atoms with Crippen LogP contribution in [0.3, 0.4) is 0 Å². The van der Waals surface area contributed by atoms with Gasteiger partial charge in [-0.2, -0.15) is 0 Å². The van der Waals surface area contributed by atoms with Crippen molar-refractivity contribution in [2.45, 2.75) is 0 Å². The minimum absolute atomic E-state index is 0.108. The van der Waals surface area contributed by atoms with Gasteiger partial charge in [0.1, 0.15) is 17.1 Å². The smallest absolute Gasteiger partial charge is 0.338 e. The zero-order valence-corrected chi connectivity index (χ0v) is 10.5. The average molecular weight is 319 g/mol. The second kappa shape index (κ2) is 5.58. The third-order valence-corrected chi connectivity index (χ3v) is 2.26. The molecule has 0 saturated heterocycles. The van der Waals surface area contributed by atoms with Crippen molar-refractivity contribution >= 4 is 33.3 Å². The van der Waals surface area contributed by atoms with E-state index in [1.807, 2.05) is 0 Å². The highest BCUT2D eigenvalue weighted by Gasteiger charge is 2.21. The Morgan fingerprint density at radius 1 is 1.61 bits per heavy atom. The molecule has 1 aromatic rings. The van der Waals surface area contributed by atoms with Gasteiger partial charge in [0.25, 0.3) is 5.69 Å². The number of benzene rings is 1. The van der Waals surface area contributed by atoms with Crippen molar-refractivity contribution in [2.75, 3.05) is 11.9 Å². The molecule has 0 bridgehead atoms. The predicted molar refractivity (Wildman–Crippen MR) is 66.6 cm³/mol. The van der Waals surface area contributed by atoms with Gasteiger partial charge < -0.3 is 10.4 Å². The van der Waals surface area contributed by atoms with E-state index in [9.17, 15) is 19.3 Å². The standard InChI is InChI=1S/C10H8BrFN2O4/c1-5(11)4-13-8-3-7(12)6(10(15)16)2-9(8)14(17)18/h2-3,13H,1,4H2,(H,15,16). The van der Waals surface area contributed by atoms with Crippen molar-refractivity contribution in [1.82, 2.24) is 0 Å². The maximum atomic E-state index is 13.4. The predicted octanol–water partition coefficient (Wildman–Crippen LogP) is 2.75. The van der Waals surface area contributed by atoms with Crippen LogP contribution in [0.2, 0.25) is 0 Å². The van der Waals surface area contributed by atoms with Crippen LogP contribution in [0.4, 0.5) is 15.8 Å². The number of nitrogens with one attached hydrogen (secondary N) is 1. The van der Waals surface area contributed by atoms with Crippen LogP contribution in [0.15, 0.2) is 23.2 Å². The summed E-state index contributed by atoms with van der Waals surface area (Å²) in [5, 5.41) is 22.0. The van der Waals surface area contributed by atoms with Gasteiger partial charge in [-0.3, -0.25) is 10.1 Å². The maximum Gasteiger partial charge on any atom is 0.338 e. The highest BCUT2D eigenvalue weighted by molar-refractivity contribution is 9.11. The number of nitro groups is 1. The van der Waals surface area contributed by atoms with E-state index < -0.39 is 28.0 Å². The van der Waals surface area contributed by atoms with E-state index in [-0.39, 0.29) is 12.2 Å². The third kappa shape index (κ3) is 3.27. The Bertz CT molecular complexity index is 533. The first-order valence-electron chi connectivity index (χ1n) is 4.61. The lowest BCUT2D eigenvalue weighted by molar-refractivity contribution is -0.384. The summed E-state index contributed by atoms with van der Waals surface area (Å²) in [5.41, 5.74) is -1.37. The van der Waals surface area contributed by atoms with Gasteiger partial charge in [0.2, 0.25) is 0 Å². The molecule has 0 aliphatic heterocycles. The fraction of sp³-hybridized carbons (Fsp3) is 0.100. The van der Waals surface area contributed by atoms with Crippen LogP contribution in [0.25, 0.3) is 0 Å². The summed E-state index contributed by atoms with van der Waals surface area (Å²) in [5.74, 6) is -2.61. The molecule has 0 spiro atoms. The summed E-state index contributed by atoms with van der Waals surface area (Å²) in [6, 6.07) is 1.45. The second-order valence-corrected chi connectivity index (χ2v) is 4.40. The molecule has 0 atom stereocenters. The molecule has 0 heterocycles. The topological polar surface area (TPSA) is 92.5 Å². The SMILES string of the molecule is C=C(Br)CNc1cc(F)c(C(=O)O)cc1[N+](=O)[O-]. The number of rotatable bonds is 5. The third-order valence-electron chi connectivity index (χ3n) is 1.98.